The van der Waals surface area contributed by atoms with Gasteiger partial charge in [0.15, 0.2) is 5.79 Å². The molecule has 4 atom stereocenters. The predicted octanol–water partition coefficient (Wildman–Crippen LogP) is 5.50. The summed E-state index contributed by atoms with van der Waals surface area (Å²) in [5.41, 5.74) is -2.99. The third-order valence-corrected chi connectivity index (χ3v) is 8.22. The lowest BCUT2D eigenvalue weighted by Gasteiger charge is -2.55. The number of fused-ring (bicyclic) bond motifs is 2. The van der Waals surface area contributed by atoms with Crippen LogP contribution in [0.2, 0.25) is 19.6 Å². The second kappa shape index (κ2) is 8.64. The zero-order chi connectivity index (χ0) is 24.0. The quantitative estimate of drug-likeness (QED) is 0.224. The van der Waals surface area contributed by atoms with Gasteiger partial charge < -0.3 is 13.7 Å². The van der Waals surface area contributed by atoms with Gasteiger partial charge in [-0.1, -0.05) is 19.6 Å². The van der Waals surface area contributed by atoms with Crippen LogP contribution < -0.4 is 0 Å². The van der Waals surface area contributed by atoms with Gasteiger partial charge in [-0.05, 0) is 58.4 Å². The molecule has 0 unspecified atom stereocenters. The molecule has 0 radical (unpaired) electrons. The zero-order valence-corrected chi connectivity index (χ0v) is 21.2. The van der Waals surface area contributed by atoms with Gasteiger partial charge in [0.2, 0.25) is 0 Å². The number of alkyl halides is 3. The fourth-order valence-electron chi connectivity index (χ4n) is 5.31. The van der Waals surface area contributed by atoms with Crippen LogP contribution in [0.5, 0.6) is 0 Å². The number of hydrogen-bond donors (Lipinski definition) is 0. The van der Waals surface area contributed by atoms with Crippen LogP contribution in [0.25, 0.3) is 0 Å². The fourth-order valence-corrected chi connectivity index (χ4v) is 6.53. The molecule has 0 aromatic carbocycles. The van der Waals surface area contributed by atoms with Crippen molar-refractivity contribution in [1.29, 1.82) is 0 Å². The Hall–Kier alpha value is -1.02. The van der Waals surface area contributed by atoms with Crippen LogP contribution in [0.3, 0.4) is 0 Å². The molecule has 0 aromatic rings. The Bertz CT molecular complexity index is 911. The van der Waals surface area contributed by atoms with E-state index in [-0.39, 0.29) is 23.9 Å². The highest BCUT2D eigenvalue weighted by Crippen LogP contribution is 2.59. The molecule has 10 heteroatoms. The van der Waals surface area contributed by atoms with Crippen LogP contribution in [0.15, 0.2) is 11.8 Å². The first kappa shape index (κ1) is 25.6. The molecule has 2 aliphatic carbocycles. The van der Waals surface area contributed by atoms with Crippen molar-refractivity contribution in [2.45, 2.75) is 102 Å². The Morgan fingerprint density at radius 2 is 1.91 bits per heavy atom. The van der Waals surface area contributed by atoms with Crippen molar-refractivity contribution in [1.82, 2.24) is 0 Å². The Kier molecular flexibility index (Phi) is 6.91. The maximum atomic E-state index is 13.1. The van der Waals surface area contributed by atoms with Gasteiger partial charge >= 0.3 is 15.6 Å². The van der Waals surface area contributed by atoms with Gasteiger partial charge in [0.25, 0.3) is 0 Å². The molecule has 32 heavy (non-hydrogen) atoms. The van der Waals surface area contributed by atoms with E-state index in [1.807, 2.05) is 13.8 Å². The monoisotopic (exact) mass is 494 g/mol. The molecule has 3 aliphatic rings. The Labute approximate surface area is 190 Å². The molecule has 0 amide bonds. The van der Waals surface area contributed by atoms with E-state index in [9.17, 15) is 21.6 Å². The molecule has 182 valence electrons. The number of hydrogen-bond acceptors (Lipinski definition) is 5. The van der Waals surface area contributed by atoms with Crippen LogP contribution in [-0.4, -0.2) is 40.0 Å². The predicted molar refractivity (Wildman–Crippen MR) is 117 cm³/mol. The van der Waals surface area contributed by atoms with Crippen LogP contribution in [0.1, 0.15) is 58.8 Å². The van der Waals surface area contributed by atoms with E-state index in [0.29, 0.717) is 38.5 Å². The first-order chi connectivity index (χ1) is 14.6. The topological polar surface area (TPSA) is 61.8 Å². The lowest BCUT2D eigenvalue weighted by Crippen LogP contribution is -2.58. The summed E-state index contributed by atoms with van der Waals surface area (Å²) in [4.78, 5) is 0. The van der Waals surface area contributed by atoms with Crippen molar-refractivity contribution in [2.24, 2.45) is 11.3 Å². The van der Waals surface area contributed by atoms with Gasteiger partial charge in [0.1, 0.15) is 13.8 Å². The number of rotatable bonds is 4. The second-order valence-electron chi connectivity index (χ2n) is 10.5. The average Bonchev–Trinajstić information content (AvgIpc) is 2.97. The van der Waals surface area contributed by atoms with Crippen LogP contribution >= 0.6 is 0 Å². The van der Waals surface area contributed by atoms with Gasteiger partial charge in [-0.15, -0.1) is 11.5 Å². The van der Waals surface area contributed by atoms with Crippen molar-refractivity contribution >= 4 is 18.2 Å². The SMILES string of the molecule is CC1(C)O[C@@H](CCC#C[Si](C)(C)C)[C@H]2[C@@H](CCC[C@@]23CCC=C3OS(=O)(=O)C(F)(F)F)O1. The van der Waals surface area contributed by atoms with Gasteiger partial charge in [-0.2, -0.15) is 21.6 Å². The van der Waals surface area contributed by atoms with Crippen molar-refractivity contribution in [3.63, 3.8) is 0 Å². The van der Waals surface area contributed by atoms with Crippen molar-refractivity contribution in [3.8, 4) is 11.5 Å². The van der Waals surface area contributed by atoms with Gasteiger partial charge in [-0.25, -0.2) is 0 Å². The number of allylic oxidation sites excluding steroid dienone is 2. The van der Waals surface area contributed by atoms with Crippen molar-refractivity contribution < 1.29 is 35.2 Å². The molecule has 1 heterocycles. The smallest absolute Gasteiger partial charge is 0.380 e. The number of ether oxygens (including phenoxy) is 2. The highest BCUT2D eigenvalue weighted by Gasteiger charge is 2.60. The molecular formula is C22H33F3O5SSi. The van der Waals surface area contributed by atoms with Gasteiger partial charge in [0, 0.05) is 17.8 Å². The van der Waals surface area contributed by atoms with E-state index in [4.69, 9.17) is 13.7 Å². The molecule has 0 aromatic heterocycles. The van der Waals surface area contributed by atoms with Crippen molar-refractivity contribution in [2.75, 3.05) is 0 Å². The number of halogens is 3. The Morgan fingerprint density at radius 1 is 1.22 bits per heavy atom. The summed E-state index contributed by atoms with van der Waals surface area (Å²) in [6.45, 7) is 10.2. The normalized spacial score (nSPS) is 32.6. The van der Waals surface area contributed by atoms with E-state index in [2.05, 4.69) is 31.1 Å². The van der Waals surface area contributed by atoms with Crippen LogP contribution in [0, 0.1) is 22.8 Å². The van der Waals surface area contributed by atoms with Gasteiger partial charge in [0.05, 0.1) is 12.2 Å². The molecular weight excluding hydrogens is 461 g/mol. The minimum atomic E-state index is -5.74. The average molecular weight is 495 g/mol. The summed E-state index contributed by atoms with van der Waals surface area (Å²) in [6.07, 6.45) is 5.10. The largest absolute Gasteiger partial charge is 0.534 e. The summed E-state index contributed by atoms with van der Waals surface area (Å²) in [5, 5.41) is 0. The van der Waals surface area contributed by atoms with Crippen LogP contribution in [0.4, 0.5) is 13.2 Å². The molecule has 0 N–H and O–H groups in total. The third kappa shape index (κ3) is 5.37. The summed E-state index contributed by atoms with van der Waals surface area (Å²) in [7, 11) is -7.26. The first-order valence-electron chi connectivity index (χ1n) is 11.1. The zero-order valence-electron chi connectivity index (χ0n) is 19.3. The Balaban J connectivity index is 1.92. The molecule has 1 aliphatic heterocycles. The standard InChI is InChI=1S/C22H33F3O5SSi/c1-20(2)28-16(10-6-7-15-32(3,4)5)19-17(29-20)11-8-13-21(19)14-9-12-18(21)30-31(26,27)22(23,24)25/h12,16-17,19H,6,8-11,13-14H2,1-5H3/t16-,17+,19-,21-/m0/s1. The van der Waals surface area contributed by atoms with E-state index in [0.717, 1.165) is 6.42 Å². The minimum absolute atomic E-state index is 0.102. The van der Waals surface area contributed by atoms with Crippen molar-refractivity contribution in [3.05, 3.63) is 11.8 Å². The summed E-state index contributed by atoms with van der Waals surface area (Å²) in [6, 6.07) is 0. The maximum Gasteiger partial charge on any atom is 0.534 e. The summed E-state index contributed by atoms with van der Waals surface area (Å²) < 4.78 is 80.0. The van der Waals surface area contributed by atoms with Crippen LogP contribution in [-0.2, 0) is 23.8 Å². The highest BCUT2D eigenvalue weighted by molar-refractivity contribution is 7.87. The molecule has 1 saturated carbocycles. The maximum absolute atomic E-state index is 13.1. The molecule has 2 fully saturated rings. The fraction of sp³-hybridized carbons (Fsp3) is 0.818. The molecule has 1 saturated heterocycles. The first-order valence-corrected chi connectivity index (χ1v) is 16.0. The molecule has 1 spiro atoms. The highest BCUT2D eigenvalue weighted by atomic mass is 32.2. The second-order valence-corrected chi connectivity index (χ2v) is 16.8. The van der Waals surface area contributed by atoms with E-state index in [1.165, 1.54) is 6.08 Å². The molecule has 5 nitrogen and oxygen atoms in total. The minimum Gasteiger partial charge on any atom is -0.380 e. The molecule has 0 bridgehead atoms. The lowest BCUT2D eigenvalue weighted by molar-refractivity contribution is -0.342. The summed E-state index contributed by atoms with van der Waals surface area (Å²) in [5.74, 6) is 2.01. The van der Waals surface area contributed by atoms with E-state index in [1.54, 1.807) is 0 Å². The third-order valence-electron chi connectivity index (χ3n) is 6.33. The summed E-state index contributed by atoms with van der Waals surface area (Å²) >= 11 is 0. The van der Waals surface area contributed by atoms with Gasteiger partial charge in [-0.3, -0.25) is 0 Å². The lowest BCUT2D eigenvalue weighted by atomic mass is 9.60. The van der Waals surface area contributed by atoms with E-state index >= 15 is 0 Å². The van der Waals surface area contributed by atoms with E-state index < -0.39 is 34.9 Å². The molecule has 3 rings (SSSR count). The Morgan fingerprint density at radius 3 is 2.53 bits per heavy atom.